The van der Waals surface area contributed by atoms with Crippen LogP contribution in [0.2, 0.25) is 0 Å². The molecular formula is C13H24N2O3. The van der Waals surface area contributed by atoms with Crippen molar-refractivity contribution in [2.45, 2.75) is 46.7 Å². The van der Waals surface area contributed by atoms with Crippen LogP contribution in [0.15, 0.2) is 0 Å². The molecule has 0 radical (unpaired) electrons. The van der Waals surface area contributed by atoms with E-state index in [-0.39, 0.29) is 23.3 Å². The third-order valence-electron chi connectivity index (χ3n) is 3.31. The second-order valence-electron chi connectivity index (χ2n) is 6.18. The van der Waals surface area contributed by atoms with Crippen molar-refractivity contribution < 1.29 is 14.3 Å². The summed E-state index contributed by atoms with van der Waals surface area (Å²) < 4.78 is 5.01. The van der Waals surface area contributed by atoms with Gasteiger partial charge >= 0.3 is 6.09 Å². The monoisotopic (exact) mass is 256 g/mol. The molecule has 1 rings (SSSR count). The fraction of sp³-hybridized carbons (Fsp3) is 0.846. The van der Waals surface area contributed by atoms with Gasteiger partial charge in [0.1, 0.15) is 6.61 Å². The van der Waals surface area contributed by atoms with Crippen LogP contribution in [0.25, 0.3) is 0 Å². The third-order valence-corrected chi connectivity index (χ3v) is 3.31. The number of hydrogen-bond acceptors (Lipinski definition) is 4. The Kier molecular flexibility index (Phi) is 4.37. The van der Waals surface area contributed by atoms with E-state index >= 15 is 0 Å². The van der Waals surface area contributed by atoms with Crippen LogP contribution < -0.4 is 5.32 Å². The van der Waals surface area contributed by atoms with Crippen LogP contribution in [-0.2, 0) is 9.53 Å². The largest absolute Gasteiger partial charge is 0.447 e. The van der Waals surface area contributed by atoms with Crippen LogP contribution in [0.4, 0.5) is 4.79 Å². The number of carbonyl (C=O) groups excluding carboxylic acids is 2. The summed E-state index contributed by atoms with van der Waals surface area (Å²) in [5.74, 6) is -0.0101. The number of nitrogens with one attached hydrogen (secondary N) is 1. The Bertz CT molecular complexity index is 334. The molecule has 0 unspecified atom stereocenters. The van der Waals surface area contributed by atoms with E-state index in [1.165, 1.54) is 4.90 Å². The molecule has 2 amide bonds. The van der Waals surface area contributed by atoms with Crippen molar-refractivity contribution in [2.75, 3.05) is 13.7 Å². The minimum atomic E-state index is -0.525. The maximum atomic E-state index is 12.5. The van der Waals surface area contributed by atoms with Gasteiger partial charge < -0.3 is 10.1 Å². The Morgan fingerprint density at radius 1 is 1.44 bits per heavy atom. The van der Waals surface area contributed by atoms with E-state index in [2.05, 4.69) is 5.32 Å². The summed E-state index contributed by atoms with van der Waals surface area (Å²) in [6, 6.07) is -0.562. The SMILES string of the molecule is CN[C@H](C(=O)N1C(=O)OC[C@@H]1C(C)C)C(C)(C)C. The highest BCUT2D eigenvalue weighted by Crippen LogP contribution is 2.26. The number of amides is 2. The summed E-state index contributed by atoms with van der Waals surface area (Å²) in [6.45, 7) is 10.2. The van der Waals surface area contributed by atoms with Crippen molar-refractivity contribution in [3.8, 4) is 0 Å². The first-order chi connectivity index (χ1) is 8.20. The first-order valence-electron chi connectivity index (χ1n) is 6.37. The number of ether oxygens (including phenoxy) is 1. The molecule has 0 aromatic carbocycles. The van der Waals surface area contributed by atoms with Crippen LogP contribution in [-0.4, -0.2) is 42.6 Å². The highest BCUT2D eigenvalue weighted by molar-refractivity contribution is 5.96. The lowest BCUT2D eigenvalue weighted by molar-refractivity contribution is -0.134. The van der Waals surface area contributed by atoms with Crippen molar-refractivity contribution in [3.63, 3.8) is 0 Å². The first kappa shape index (κ1) is 15.0. The lowest BCUT2D eigenvalue weighted by atomic mass is 9.85. The van der Waals surface area contributed by atoms with Crippen LogP contribution in [0.1, 0.15) is 34.6 Å². The van der Waals surface area contributed by atoms with E-state index in [0.29, 0.717) is 6.61 Å². The van der Waals surface area contributed by atoms with Crippen molar-refractivity contribution in [1.82, 2.24) is 10.2 Å². The number of likely N-dealkylation sites (N-methyl/N-ethyl adjacent to an activating group) is 1. The van der Waals surface area contributed by atoms with E-state index in [1.807, 2.05) is 34.6 Å². The highest BCUT2D eigenvalue weighted by Gasteiger charge is 2.44. The molecule has 2 atom stereocenters. The molecule has 1 saturated heterocycles. The van der Waals surface area contributed by atoms with Crippen molar-refractivity contribution in [1.29, 1.82) is 0 Å². The lowest BCUT2D eigenvalue weighted by Gasteiger charge is -2.33. The predicted molar refractivity (Wildman–Crippen MR) is 69.1 cm³/mol. The van der Waals surface area contributed by atoms with Gasteiger partial charge in [0.25, 0.3) is 0 Å². The highest BCUT2D eigenvalue weighted by atomic mass is 16.6. The molecule has 1 aliphatic heterocycles. The average molecular weight is 256 g/mol. The van der Waals surface area contributed by atoms with E-state index in [1.54, 1.807) is 7.05 Å². The normalized spacial score (nSPS) is 22.3. The van der Waals surface area contributed by atoms with Crippen LogP contribution in [0.3, 0.4) is 0 Å². The summed E-state index contributed by atoms with van der Waals surface area (Å²) in [4.78, 5) is 25.5. The standard InChI is InChI=1S/C13H24N2O3/c1-8(2)9-7-18-12(17)15(9)11(16)10(14-6)13(3,4)5/h8-10,14H,7H2,1-6H3/t9-,10-/m1/s1. The Hall–Kier alpha value is -1.10. The smallest absolute Gasteiger partial charge is 0.417 e. The van der Waals surface area contributed by atoms with Crippen LogP contribution in [0, 0.1) is 11.3 Å². The van der Waals surface area contributed by atoms with Gasteiger partial charge in [0.05, 0.1) is 12.1 Å². The van der Waals surface area contributed by atoms with E-state index in [9.17, 15) is 9.59 Å². The predicted octanol–water partition coefficient (Wildman–Crippen LogP) is 1.62. The summed E-state index contributed by atoms with van der Waals surface area (Å²) >= 11 is 0. The first-order valence-corrected chi connectivity index (χ1v) is 6.37. The van der Waals surface area contributed by atoms with Gasteiger partial charge in [-0.2, -0.15) is 0 Å². The second-order valence-corrected chi connectivity index (χ2v) is 6.18. The maximum Gasteiger partial charge on any atom is 0.417 e. The fourth-order valence-corrected chi connectivity index (χ4v) is 2.25. The van der Waals surface area contributed by atoms with Crippen molar-refractivity contribution >= 4 is 12.0 Å². The minimum Gasteiger partial charge on any atom is -0.447 e. The Morgan fingerprint density at radius 2 is 2.00 bits per heavy atom. The summed E-state index contributed by atoms with van der Waals surface area (Å²) in [6.07, 6.45) is -0.525. The zero-order chi connectivity index (χ0) is 14.1. The van der Waals surface area contributed by atoms with Crippen molar-refractivity contribution in [2.24, 2.45) is 11.3 Å². The van der Waals surface area contributed by atoms with Gasteiger partial charge in [0.2, 0.25) is 5.91 Å². The summed E-state index contributed by atoms with van der Waals surface area (Å²) in [5, 5.41) is 3.00. The number of imide groups is 1. The van der Waals surface area contributed by atoms with Gasteiger partial charge in [-0.25, -0.2) is 9.69 Å². The molecule has 5 nitrogen and oxygen atoms in total. The minimum absolute atomic E-state index is 0.164. The molecule has 1 fully saturated rings. The second kappa shape index (κ2) is 5.26. The molecule has 1 heterocycles. The number of hydrogen-bond donors (Lipinski definition) is 1. The zero-order valence-corrected chi connectivity index (χ0v) is 12.1. The molecule has 18 heavy (non-hydrogen) atoms. The van der Waals surface area contributed by atoms with Gasteiger partial charge in [0, 0.05) is 0 Å². The van der Waals surface area contributed by atoms with E-state index < -0.39 is 12.1 Å². The summed E-state index contributed by atoms with van der Waals surface area (Å²) in [5.41, 5.74) is -0.254. The van der Waals surface area contributed by atoms with Gasteiger partial charge in [-0.05, 0) is 18.4 Å². The molecule has 0 aromatic heterocycles. The maximum absolute atomic E-state index is 12.5. The van der Waals surface area contributed by atoms with Crippen LogP contribution in [0.5, 0.6) is 0 Å². The van der Waals surface area contributed by atoms with Crippen molar-refractivity contribution in [3.05, 3.63) is 0 Å². The molecule has 0 aromatic rings. The third kappa shape index (κ3) is 2.83. The Balaban J connectivity index is 2.96. The quantitative estimate of drug-likeness (QED) is 0.833. The molecule has 5 heteroatoms. The topological polar surface area (TPSA) is 58.6 Å². The van der Waals surface area contributed by atoms with Gasteiger partial charge in [0.15, 0.2) is 0 Å². The van der Waals surface area contributed by atoms with E-state index in [4.69, 9.17) is 4.74 Å². The zero-order valence-electron chi connectivity index (χ0n) is 12.1. The van der Waals surface area contributed by atoms with E-state index in [0.717, 1.165) is 0 Å². The lowest BCUT2D eigenvalue weighted by Crippen LogP contribution is -2.55. The van der Waals surface area contributed by atoms with Gasteiger partial charge in [-0.3, -0.25) is 4.79 Å². The molecule has 0 spiro atoms. The molecule has 0 bridgehead atoms. The molecular weight excluding hydrogens is 232 g/mol. The molecule has 104 valence electrons. The molecule has 0 aliphatic carbocycles. The van der Waals surface area contributed by atoms with Gasteiger partial charge in [-0.1, -0.05) is 34.6 Å². The molecule has 0 saturated carbocycles. The Morgan fingerprint density at radius 3 is 2.39 bits per heavy atom. The fourth-order valence-electron chi connectivity index (χ4n) is 2.25. The number of rotatable bonds is 3. The van der Waals surface area contributed by atoms with Crippen LogP contribution >= 0.6 is 0 Å². The Labute approximate surface area is 109 Å². The summed E-state index contributed by atoms with van der Waals surface area (Å²) in [7, 11) is 1.74. The molecule has 1 N–H and O–H groups in total. The number of cyclic esters (lactones) is 1. The molecule has 1 aliphatic rings. The average Bonchev–Trinajstić information content (AvgIpc) is 2.58. The number of nitrogens with zero attached hydrogens (tertiary/aromatic N) is 1. The number of carbonyl (C=O) groups is 2. The van der Waals surface area contributed by atoms with Gasteiger partial charge in [-0.15, -0.1) is 0 Å².